The molecule has 0 atom stereocenters. The number of rotatable bonds is 5. The molecule has 9 heteroatoms. The summed E-state index contributed by atoms with van der Waals surface area (Å²) in [5.41, 5.74) is 0.304. The number of anilines is 1. The van der Waals surface area contributed by atoms with Gasteiger partial charge in [0, 0.05) is 23.9 Å². The summed E-state index contributed by atoms with van der Waals surface area (Å²) in [6, 6.07) is 13.5. The molecule has 2 aromatic carbocycles. The zero-order valence-electron chi connectivity index (χ0n) is 13.8. The van der Waals surface area contributed by atoms with Crippen LogP contribution >= 0.6 is 0 Å². The summed E-state index contributed by atoms with van der Waals surface area (Å²) in [4.78, 5) is 34.4. The first-order valence-electron chi connectivity index (χ1n) is 7.81. The first kappa shape index (κ1) is 17.9. The van der Waals surface area contributed by atoms with Crippen molar-refractivity contribution in [3.8, 4) is 0 Å². The second kappa shape index (κ2) is 7.56. The molecule has 3 aromatic rings. The van der Waals surface area contributed by atoms with Gasteiger partial charge in [0.1, 0.15) is 11.5 Å². The highest BCUT2D eigenvalue weighted by molar-refractivity contribution is 6.02. The van der Waals surface area contributed by atoms with Crippen LogP contribution in [0.2, 0.25) is 0 Å². The molecule has 1 amide bonds. The minimum atomic E-state index is -0.586. The van der Waals surface area contributed by atoms with Gasteiger partial charge in [0.05, 0.1) is 11.5 Å². The van der Waals surface area contributed by atoms with Crippen molar-refractivity contribution in [1.82, 2.24) is 9.78 Å². The van der Waals surface area contributed by atoms with E-state index < -0.39 is 22.2 Å². The number of nitro groups is 1. The number of nitro benzene ring substituents is 1. The monoisotopic (exact) mass is 368 g/mol. The number of carbonyl (C=O) groups excluding carboxylic acids is 1. The topological polar surface area (TPSA) is 107 Å². The second-order valence-electron chi connectivity index (χ2n) is 5.60. The van der Waals surface area contributed by atoms with E-state index >= 15 is 0 Å². The van der Waals surface area contributed by atoms with E-state index in [2.05, 4.69) is 10.4 Å². The fourth-order valence-electron chi connectivity index (χ4n) is 2.35. The van der Waals surface area contributed by atoms with Crippen LogP contribution < -0.4 is 10.9 Å². The summed E-state index contributed by atoms with van der Waals surface area (Å²) in [6.07, 6.45) is 0. The number of carbonyl (C=O) groups is 1. The Labute approximate surface area is 152 Å². The molecular formula is C18H13FN4O4. The van der Waals surface area contributed by atoms with E-state index in [0.29, 0.717) is 11.3 Å². The largest absolute Gasteiger partial charge is 0.321 e. The fourth-order valence-corrected chi connectivity index (χ4v) is 2.35. The van der Waals surface area contributed by atoms with E-state index in [1.807, 2.05) is 0 Å². The number of nitrogens with one attached hydrogen (secondary N) is 1. The predicted molar refractivity (Wildman–Crippen MR) is 95.0 cm³/mol. The minimum absolute atomic E-state index is 0.00917. The van der Waals surface area contributed by atoms with Crippen molar-refractivity contribution in [1.29, 1.82) is 0 Å². The molecule has 0 aliphatic rings. The summed E-state index contributed by atoms with van der Waals surface area (Å²) in [5, 5.41) is 17.2. The molecule has 0 radical (unpaired) electrons. The van der Waals surface area contributed by atoms with Gasteiger partial charge in [-0.25, -0.2) is 9.07 Å². The van der Waals surface area contributed by atoms with Gasteiger partial charge in [0.15, 0.2) is 0 Å². The molecule has 0 aliphatic heterocycles. The Hall–Kier alpha value is -3.88. The number of aromatic nitrogens is 2. The highest BCUT2D eigenvalue weighted by atomic mass is 19.1. The Morgan fingerprint density at radius 2 is 1.89 bits per heavy atom. The number of halogens is 1. The number of nitrogens with zero attached hydrogens (tertiary/aromatic N) is 3. The molecular weight excluding hydrogens is 355 g/mol. The Bertz CT molecular complexity index is 1060. The maximum Gasteiger partial charge on any atom is 0.276 e. The van der Waals surface area contributed by atoms with Gasteiger partial charge in [-0.1, -0.05) is 12.1 Å². The van der Waals surface area contributed by atoms with Crippen LogP contribution in [0.4, 0.5) is 15.8 Å². The van der Waals surface area contributed by atoms with E-state index in [1.165, 1.54) is 54.6 Å². The SMILES string of the molecule is O=C(Nc1ccc([N+](=O)[O-])cc1)c1ccc(=O)n(Cc2cccc(F)c2)n1. The average Bonchev–Trinajstić information content (AvgIpc) is 2.64. The van der Waals surface area contributed by atoms with Gasteiger partial charge in [0.2, 0.25) is 0 Å². The van der Waals surface area contributed by atoms with Gasteiger partial charge in [-0.05, 0) is 35.9 Å². The lowest BCUT2D eigenvalue weighted by molar-refractivity contribution is -0.384. The number of non-ortho nitro benzene ring substituents is 1. The highest BCUT2D eigenvalue weighted by Gasteiger charge is 2.12. The molecule has 27 heavy (non-hydrogen) atoms. The van der Waals surface area contributed by atoms with E-state index in [0.717, 1.165) is 4.68 Å². The summed E-state index contributed by atoms with van der Waals surface area (Å²) in [6.45, 7) is 0.00917. The van der Waals surface area contributed by atoms with Gasteiger partial charge in [-0.3, -0.25) is 19.7 Å². The van der Waals surface area contributed by atoms with Gasteiger partial charge >= 0.3 is 0 Å². The molecule has 0 saturated carbocycles. The third-order valence-electron chi connectivity index (χ3n) is 3.66. The molecule has 0 spiro atoms. The molecule has 0 saturated heterocycles. The molecule has 0 fully saturated rings. The van der Waals surface area contributed by atoms with Crippen LogP contribution in [0.5, 0.6) is 0 Å². The first-order chi connectivity index (χ1) is 12.9. The lowest BCUT2D eigenvalue weighted by atomic mass is 10.2. The molecule has 0 unspecified atom stereocenters. The van der Waals surface area contributed by atoms with E-state index in [1.54, 1.807) is 6.07 Å². The van der Waals surface area contributed by atoms with Crippen LogP contribution in [-0.4, -0.2) is 20.6 Å². The van der Waals surface area contributed by atoms with Gasteiger partial charge < -0.3 is 5.32 Å². The van der Waals surface area contributed by atoms with E-state index in [4.69, 9.17) is 0 Å². The smallest absolute Gasteiger partial charge is 0.276 e. The number of amides is 1. The average molecular weight is 368 g/mol. The second-order valence-corrected chi connectivity index (χ2v) is 5.60. The highest BCUT2D eigenvalue weighted by Crippen LogP contribution is 2.15. The Morgan fingerprint density at radius 3 is 2.56 bits per heavy atom. The summed E-state index contributed by atoms with van der Waals surface area (Å²) < 4.78 is 14.3. The normalized spacial score (nSPS) is 10.4. The quantitative estimate of drug-likeness (QED) is 0.550. The minimum Gasteiger partial charge on any atom is -0.321 e. The maximum atomic E-state index is 13.3. The number of hydrogen-bond acceptors (Lipinski definition) is 5. The molecule has 0 aliphatic carbocycles. The van der Waals surface area contributed by atoms with Crippen molar-refractivity contribution in [2.75, 3.05) is 5.32 Å². The molecule has 8 nitrogen and oxygen atoms in total. The standard InChI is InChI=1S/C18H13FN4O4/c19-13-3-1-2-12(10-13)11-22-17(24)9-8-16(21-22)18(25)20-14-4-6-15(7-5-14)23(26)27/h1-10H,11H2,(H,20,25). The van der Waals surface area contributed by atoms with Crippen LogP contribution in [0, 0.1) is 15.9 Å². The molecule has 136 valence electrons. The third kappa shape index (κ3) is 4.40. The van der Waals surface area contributed by atoms with Crippen molar-refractivity contribution >= 4 is 17.3 Å². The Balaban J connectivity index is 1.79. The summed E-state index contributed by atoms with van der Waals surface area (Å²) >= 11 is 0. The zero-order valence-corrected chi connectivity index (χ0v) is 13.8. The first-order valence-corrected chi connectivity index (χ1v) is 7.81. The van der Waals surface area contributed by atoms with Crippen LogP contribution in [0.3, 0.4) is 0 Å². The number of hydrogen-bond donors (Lipinski definition) is 1. The molecule has 1 N–H and O–H groups in total. The van der Waals surface area contributed by atoms with Gasteiger partial charge in [-0.15, -0.1) is 0 Å². The van der Waals surface area contributed by atoms with Crippen LogP contribution in [0.25, 0.3) is 0 Å². The van der Waals surface area contributed by atoms with E-state index in [-0.39, 0.29) is 17.9 Å². The van der Waals surface area contributed by atoms with Crippen LogP contribution in [-0.2, 0) is 6.54 Å². The summed E-state index contributed by atoms with van der Waals surface area (Å²) in [5.74, 6) is -1.02. The Morgan fingerprint density at radius 1 is 1.15 bits per heavy atom. The molecule has 3 rings (SSSR count). The lowest BCUT2D eigenvalue weighted by Gasteiger charge is -2.08. The maximum absolute atomic E-state index is 13.3. The summed E-state index contributed by atoms with van der Waals surface area (Å²) in [7, 11) is 0. The third-order valence-corrected chi connectivity index (χ3v) is 3.66. The molecule has 1 heterocycles. The van der Waals surface area contributed by atoms with Gasteiger partial charge in [0.25, 0.3) is 17.2 Å². The Kier molecular flexibility index (Phi) is 5.02. The van der Waals surface area contributed by atoms with Crippen molar-refractivity contribution in [2.45, 2.75) is 6.54 Å². The lowest BCUT2D eigenvalue weighted by Crippen LogP contribution is -2.26. The molecule has 1 aromatic heterocycles. The van der Waals surface area contributed by atoms with Crippen molar-refractivity contribution in [3.63, 3.8) is 0 Å². The number of benzene rings is 2. The van der Waals surface area contributed by atoms with Crippen molar-refractivity contribution < 1.29 is 14.1 Å². The zero-order chi connectivity index (χ0) is 19.4. The van der Waals surface area contributed by atoms with Gasteiger partial charge in [-0.2, -0.15) is 5.10 Å². The van der Waals surface area contributed by atoms with Crippen LogP contribution in [0.15, 0.2) is 65.5 Å². The van der Waals surface area contributed by atoms with Crippen molar-refractivity contribution in [3.05, 3.63) is 98.2 Å². The molecule has 0 bridgehead atoms. The fraction of sp³-hybridized carbons (Fsp3) is 0.0556. The van der Waals surface area contributed by atoms with E-state index in [9.17, 15) is 24.1 Å². The van der Waals surface area contributed by atoms with Crippen molar-refractivity contribution in [2.24, 2.45) is 0 Å². The van der Waals surface area contributed by atoms with Crippen LogP contribution in [0.1, 0.15) is 16.1 Å². The predicted octanol–water partition coefficient (Wildman–Crippen LogP) is 2.59.